The normalized spacial score (nSPS) is 12.0. The smallest absolute Gasteiger partial charge is 0.138 e. The molecule has 1 N–H and O–H groups in total. The van der Waals surface area contributed by atoms with Gasteiger partial charge >= 0.3 is 0 Å². The van der Waals surface area contributed by atoms with Crippen LogP contribution in [0.2, 0.25) is 0 Å². The second kappa shape index (κ2) is 10.3. The first-order chi connectivity index (χ1) is 22.6. The van der Waals surface area contributed by atoms with Crippen LogP contribution < -0.4 is 0 Å². The van der Waals surface area contributed by atoms with Crippen molar-refractivity contribution >= 4 is 21.8 Å². The van der Waals surface area contributed by atoms with Crippen LogP contribution in [0.5, 0.6) is 5.75 Å². The lowest BCUT2D eigenvalue weighted by Crippen LogP contribution is -1.99. The fourth-order valence-electron chi connectivity index (χ4n) is 7.14. The highest BCUT2D eigenvalue weighted by molar-refractivity contribution is 6.18. The number of fused-ring (bicyclic) bond motifs is 7. The molecule has 218 valence electrons. The van der Waals surface area contributed by atoms with Crippen molar-refractivity contribution in [3.63, 3.8) is 0 Å². The van der Waals surface area contributed by atoms with Gasteiger partial charge in [0.25, 0.3) is 0 Å². The Morgan fingerprint density at radius 2 is 1.39 bits per heavy atom. The molecule has 0 saturated carbocycles. The van der Waals surface area contributed by atoms with Crippen molar-refractivity contribution in [2.24, 2.45) is 0 Å². The lowest BCUT2D eigenvalue weighted by Gasteiger charge is -2.12. The molecule has 0 fully saturated rings. The van der Waals surface area contributed by atoms with Crippen molar-refractivity contribution in [3.8, 4) is 56.3 Å². The van der Waals surface area contributed by atoms with E-state index in [0.29, 0.717) is 5.56 Å². The number of hydrogen-bond acceptors (Lipinski definition) is 3. The van der Waals surface area contributed by atoms with Crippen LogP contribution in [0.25, 0.3) is 72.4 Å². The molecule has 1 aliphatic rings. The fraction of sp³-hybridized carbons (Fsp3) is 0.0476. The number of phenols is 1. The second-order valence-corrected chi connectivity index (χ2v) is 12.0. The molecule has 9 rings (SSSR count). The Labute approximate surface area is 266 Å². The number of benzene rings is 5. The Kier molecular flexibility index (Phi) is 5.90. The lowest BCUT2D eigenvalue weighted by atomic mass is 9.98. The number of para-hydroxylation sites is 1. The lowest BCUT2D eigenvalue weighted by molar-refractivity contribution is 0.477. The molecule has 3 heterocycles. The van der Waals surface area contributed by atoms with Crippen LogP contribution in [-0.2, 0) is 6.42 Å². The van der Waals surface area contributed by atoms with Gasteiger partial charge in [0, 0.05) is 28.1 Å². The summed E-state index contributed by atoms with van der Waals surface area (Å²) in [6.45, 7) is 2.12. The molecular formula is C42H29N3O. The van der Waals surface area contributed by atoms with E-state index in [2.05, 4.69) is 102 Å². The number of hydrogen-bond donors (Lipinski definition) is 1. The molecule has 0 radical (unpaired) electrons. The zero-order valence-electron chi connectivity index (χ0n) is 25.3. The predicted octanol–water partition coefficient (Wildman–Crippen LogP) is 10.2. The minimum Gasteiger partial charge on any atom is -0.507 e. The van der Waals surface area contributed by atoms with Crippen LogP contribution in [0.3, 0.4) is 0 Å². The van der Waals surface area contributed by atoms with Crippen molar-refractivity contribution in [1.82, 2.24) is 14.5 Å². The summed E-state index contributed by atoms with van der Waals surface area (Å²) < 4.78 is 2.31. The minimum atomic E-state index is 0.219. The first-order valence-corrected chi connectivity index (χ1v) is 15.6. The van der Waals surface area contributed by atoms with E-state index in [1.54, 1.807) is 6.07 Å². The monoisotopic (exact) mass is 591 g/mol. The highest BCUT2D eigenvalue weighted by atomic mass is 16.3. The molecule has 8 aromatic rings. The van der Waals surface area contributed by atoms with Crippen LogP contribution >= 0.6 is 0 Å². The average Bonchev–Trinajstić information content (AvgIpc) is 3.64. The van der Waals surface area contributed by atoms with Crippen LogP contribution in [0.15, 0.2) is 140 Å². The van der Waals surface area contributed by atoms with Gasteiger partial charge in [0.1, 0.15) is 11.6 Å². The number of rotatable bonds is 4. The number of aromatic hydroxyl groups is 1. The third-order valence-electron chi connectivity index (χ3n) is 9.31. The number of pyridine rings is 2. The second-order valence-electron chi connectivity index (χ2n) is 12.0. The SMILES string of the molecule is Cc1cnc(-n2c3cc(-c4cccc(-c5ccccc5O)n4)ccc3c3c4c(ccc32)Cc2ccccc2-4)cc1-c1ccccc1. The molecule has 4 nitrogen and oxygen atoms in total. The predicted molar refractivity (Wildman–Crippen MR) is 187 cm³/mol. The van der Waals surface area contributed by atoms with Gasteiger partial charge in [0.15, 0.2) is 0 Å². The molecule has 1 aliphatic carbocycles. The molecule has 0 aliphatic heterocycles. The summed E-state index contributed by atoms with van der Waals surface area (Å²) in [7, 11) is 0. The molecule has 46 heavy (non-hydrogen) atoms. The summed E-state index contributed by atoms with van der Waals surface area (Å²) in [5.74, 6) is 1.10. The van der Waals surface area contributed by atoms with Crippen molar-refractivity contribution < 1.29 is 5.11 Å². The largest absolute Gasteiger partial charge is 0.507 e. The van der Waals surface area contributed by atoms with Gasteiger partial charge in [-0.2, -0.15) is 0 Å². The molecule has 0 saturated heterocycles. The molecule has 0 spiro atoms. The van der Waals surface area contributed by atoms with E-state index in [1.165, 1.54) is 44.2 Å². The summed E-state index contributed by atoms with van der Waals surface area (Å²) in [4.78, 5) is 10.0. The van der Waals surface area contributed by atoms with Gasteiger partial charge in [0.2, 0.25) is 0 Å². The van der Waals surface area contributed by atoms with E-state index in [-0.39, 0.29) is 5.75 Å². The molecule has 0 unspecified atom stereocenters. The standard InChI is InChI=1S/C42H29N3O/c1-26-25-43-40(24-34(26)27-10-3-2-4-11-27)45-37-21-19-30-22-28-12-5-6-13-31(28)41(30)42(37)33-20-18-29(23-38(33)45)35-15-9-16-36(44-35)32-14-7-8-17-39(32)46/h2-21,23-25,46H,22H2,1H3. The van der Waals surface area contributed by atoms with Crippen LogP contribution in [0, 0.1) is 6.92 Å². The van der Waals surface area contributed by atoms with E-state index in [9.17, 15) is 5.11 Å². The zero-order valence-corrected chi connectivity index (χ0v) is 25.3. The molecule has 0 amide bonds. The van der Waals surface area contributed by atoms with Gasteiger partial charge < -0.3 is 5.11 Å². The van der Waals surface area contributed by atoms with Gasteiger partial charge in [-0.25, -0.2) is 9.97 Å². The zero-order chi connectivity index (χ0) is 30.8. The molecule has 3 aromatic heterocycles. The fourth-order valence-corrected chi connectivity index (χ4v) is 7.14. The Morgan fingerprint density at radius 1 is 0.609 bits per heavy atom. The molecule has 5 aromatic carbocycles. The quantitative estimate of drug-likeness (QED) is 0.222. The topological polar surface area (TPSA) is 50.9 Å². The van der Waals surface area contributed by atoms with E-state index < -0.39 is 0 Å². The van der Waals surface area contributed by atoms with E-state index in [1.807, 2.05) is 42.6 Å². The third kappa shape index (κ3) is 4.07. The molecule has 0 bridgehead atoms. The van der Waals surface area contributed by atoms with Crippen molar-refractivity contribution in [1.29, 1.82) is 0 Å². The maximum Gasteiger partial charge on any atom is 0.138 e. The van der Waals surface area contributed by atoms with E-state index in [0.717, 1.165) is 45.8 Å². The number of aryl methyl sites for hydroxylation is 1. The highest BCUT2D eigenvalue weighted by Gasteiger charge is 2.25. The van der Waals surface area contributed by atoms with Crippen LogP contribution in [0.1, 0.15) is 16.7 Å². The molecular weight excluding hydrogens is 562 g/mol. The van der Waals surface area contributed by atoms with Gasteiger partial charge in [-0.05, 0) is 94.8 Å². The Balaban J connectivity index is 1.32. The maximum atomic E-state index is 10.5. The Morgan fingerprint density at radius 3 is 2.26 bits per heavy atom. The molecule has 4 heteroatoms. The van der Waals surface area contributed by atoms with Crippen LogP contribution in [0.4, 0.5) is 0 Å². The average molecular weight is 592 g/mol. The first-order valence-electron chi connectivity index (χ1n) is 15.6. The maximum absolute atomic E-state index is 10.5. The Hall–Kier alpha value is -6.00. The summed E-state index contributed by atoms with van der Waals surface area (Å²) >= 11 is 0. The van der Waals surface area contributed by atoms with Gasteiger partial charge in [-0.3, -0.25) is 4.57 Å². The number of phenolic OH excluding ortho intramolecular Hbond substituents is 1. The van der Waals surface area contributed by atoms with E-state index in [4.69, 9.17) is 9.97 Å². The van der Waals surface area contributed by atoms with Crippen molar-refractivity contribution in [2.45, 2.75) is 13.3 Å². The summed E-state index contributed by atoms with van der Waals surface area (Å²) in [5, 5.41) is 13.0. The summed E-state index contributed by atoms with van der Waals surface area (Å²) in [6, 6.07) is 46.0. The molecule has 0 atom stereocenters. The summed E-state index contributed by atoms with van der Waals surface area (Å²) in [5.41, 5.74) is 14.3. The number of nitrogens with zero attached hydrogens (tertiary/aromatic N) is 3. The first kappa shape index (κ1) is 26.4. The van der Waals surface area contributed by atoms with Gasteiger partial charge in [-0.1, -0.05) is 91.0 Å². The Bertz CT molecular complexity index is 2470. The summed E-state index contributed by atoms with van der Waals surface area (Å²) in [6.07, 6.45) is 2.93. The van der Waals surface area contributed by atoms with Crippen LogP contribution in [-0.4, -0.2) is 19.6 Å². The minimum absolute atomic E-state index is 0.219. The van der Waals surface area contributed by atoms with Gasteiger partial charge in [-0.15, -0.1) is 0 Å². The van der Waals surface area contributed by atoms with Gasteiger partial charge in [0.05, 0.1) is 22.4 Å². The van der Waals surface area contributed by atoms with Crippen molar-refractivity contribution in [3.05, 3.63) is 156 Å². The highest BCUT2D eigenvalue weighted by Crippen LogP contribution is 2.46. The van der Waals surface area contributed by atoms with E-state index >= 15 is 0 Å². The number of aromatic nitrogens is 3. The third-order valence-corrected chi connectivity index (χ3v) is 9.31. The van der Waals surface area contributed by atoms with Crippen molar-refractivity contribution in [2.75, 3.05) is 0 Å².